The van der Waals surface area contributed by atoms with E-state index >= 15 is 0 Å². The number of nitrogens with zero attached hydrogens (tertiary/aromatic N) is 1. The van der Waals surface area contributed by atoms with Crippen LogP contribution in [0.2, 0.25) is 0 Å². The van der Waals surface area contributed by atoms with E-state index in [4.69, 9.17) is 0 Å². The van der Waals surface area contributed by atoms with Gasteiger partial charge in [-0.2, -0.15) is 0 Å². The summed E-state index contributed by atoms with van der Waals surface area (Å²) < 4.78 is 6.32. The average Bonchev–Trinajstić information content (AvgIpc) is 2.23. The van der Waals surface area contributed by atoms with Gasteiger partial charge in [0.25, 0.3) is 0 Å². The van der Waals surface area contributed by atoms with E-state index < -0.39 is 0 Å². The Bertz CT molecular complexity index is 407. The molecule has 1 aromatic rings. The maximum absolute atomic E-state index is 9.55. The Morgan fingerprint density at radius 3 is 2.71 bits per heavy atom. The molecule has 1 N–H and O–H groups in total. The van der Waals surface area contributed by atoms with E-state index in [0.29, 0.717) is 5.76 Å². The van der Waals surface area contributed by atoms with E-state index in [1.54, 1.807) is 6.08 Å². The largest absolute Gasteiger partial charge is 0.506 e. The summed E-state index contributed by atoms with van der Waals surface area (Å²) in [5.74, 6) is 0.319. The Morgan fingerprint density at radius 2 is 2.00 bits per heavy atom. The van der Waals surface area contributed by atoms with Crippen LogP contribution in [0.5, 0.6) is 0 Å². The molecule has 0 aromatic heterocycles. The van der Waals surface area contributed by atoms with Crippen LogP contribution in [0.25, 0.3) is 0 Å². The molecule has 1 aliphatic rings. The van der Waals surface area contributed by atoms with Crippen LogP contribution in [-0.2, 0) is 6.42 Å². The SMILES string of the molecule is OC1=CC=IN=C1Cc1ccccc1. The number of benzene rings is 1. The number of hydrogen-bond donors (Lipinski definition) is 1. The highest BCUT2D eigenvalue weighted by Crippen LogP contribution is 2.13. The van der Waals surface area contributed by atoms with Crippen molar-refractivity contribution in [2.24, 2.45) is 3.21 Å². The first-order valence-electron chi connectivity index (χ1n) is 4.32. The number of allylic oxidation sites excluding steroid dienone is 2. The topological polar surface area (TPSA) is 32.6 Å². The van der Waals surface area contributed by atoms with E-state index in [1.807, 2.05) is 34.3 Å². The highest BCUT2D eigenvalue weighted by molar-refractivity contribution is 14.2. The van der Waals surface area contributed by atoms with Crippen molar-refractivity contribution >= 4 is 30.7 Å². The first kappa shape index (κ1) is 9.58. The lowest BCUT2D eigenvalue weighted by Gasteiger charge is -2.06. The lowest BCUT2D eigenvalue weighted by Crippen LogP contribution is -2.07. The van der Waals surface area contributed by atoms with Crippen LogP contribution in [0.1, 0.15) is 5.56 Å². The van der Waals surface area contributed by atoms with E-state index in [2.05, 4.69) is 3.21 Å². The van der Waals surface area contributed by atoms with Gasteiger partial charge in [-0.1, -0.05) is 30.3 Å². The molecule has 1 aromatic carbocycles. The third-order valence-corrected chi connectivity index (χ3v) is 3.48. The van der Waals surface area contributed by atoms with Crippen molar-refractivity contribution in [2.75, 3.05) is 0 Å². The molecule has 2 rings (SSSR count). The molecule has 14 heavy (non-hydrogen) atoms. The summed E-state index contributed by atoms with van der Waals surface area (Å²) in [5, 5.41) is 9.55. The van der Waals surface area contributed by atoms with Gasteiger partial charge in [-0.05, 0) is 15.7 Å². The predicted octanol–water partition coefficient (Wildman–Crippen LogP) is 2.81. The smallest absolute Gasteiger partial charge is 0.138 e. The molecule has 0 unspecified atom stereocenters. The summed E-state index contributed by atoms with van der Waals surface area (Å²) in [6, 6.07) is 10.1. The van der Waals surface area contributed by atoms with Gasteiger partial charge in [0.2, 0.25) is 0 Å². The monoisotopic (exact) mass is 299 g/mol. The molecule has 0 aliphatic carbocycles. The fraction of sp³-hybridized carbons (Fsp3) is 0.0909. The van der Waals surface area contributed by atoms with E-state index in [0.717, 1.165) is 12.1 Å². The second-order valence-corrected chi connectivity index (χ2v) is 4.73. The molecule has 72 valence electrons. The molecule has 1 heterocycles. The standard InChI is InChI=1S/C11H10INO/c14-11-6-7-12-13-10(11)8-9-4-2-1-3-5-9/h1-7,14H,8H2. The zero-order chi connectivity index (χ0) is 9.80. The van der Waals surface area contributed by atoms with Crippen LogP contribution in [0, 0.1) is 0 Å². The normalized spacial score (nSPS) is 15.4. The molecule has 0 radical (unpaired) electrons. The van der Waals surface area contributed by atoms with Crippen LogP contribution in [0.4, 0.5) is 0 Å². The van der Waals surface area contributed by atoms with Crippen LogP contribution in [-0.4, -0.2) is 14.8 Å². The Hall–Kier alpha value is -0.970. The molecule has 0 saturated heterocycles. The zero-order valence-electron chi connectivity index (χ0n) is 7.52. The minimum Gasteiger partial charge on any atom is -0.506 e. The molecule has 1 aliphatic heterocycles. The molecule has 0 saturated carbocycles. The zero-order valence-corrected chi connectivity index (χ0v) is 9.68. The fourth-order valence-electron chi connectivity index (χ4n) is 1.22. The van der Waals surface area contributed by atoms with Gasteiger partial charge in [-0.25, -0.2) is 3.21 Å². The van der Waals surface area contributed by atoms with Gasteiger partial charge in [0.1, 0.15) is 5.76 Å². The summed E-state index contributed by atoms with van der Waals surface area (Å²) in [4.78, 5) is 0. The second-order valence-electron chi connectivity index (χ2n) is 2.97. The van der Waals surface area contributed by atoms with E-state index in [9.17, 15) is 5.11 Å². The van der Waals surface area contributed by atoms with Gasteiger partial charge in [0, 0.05) is 27.4 Å². The summed E-state index contributed by atoms with van der Waals surface area (Å²) in [6.45, 7) is 0. The Kier molecular flexibility index (Phi) is 3.08. The van der Waals surface area contributed by atoms with Crippen molar-refractivity contribution in [3.05, 3.63) is 47.7 Å². The van der Waals surface area contributed by atoms with Crippen LogP contribution in [0.3, 0.4) is 0 Å². The Labute approximate surface area is 93.1 Å². The van der Waals surface area contributed by atoms with Crippen molar-refractivity contribution in [1.29, 1.82) is 0 Å². The lowest BCUT2D eigenvalue weighted by molar-refractivity contribution is 0.443. The number of rotatable bonds is 2. The summed E-state index contributed by atoms with van der Waals surface area (Å²) in [6.07, 6.45) is 2.50. The van der Waals surface area contributed by atoms with Gasteiger partial charge in [0.15, 0.2) is 0 Å². The predicted molar refractivity (Wildman–Crippen MR) is 68.4 cm³/mol. The average molecular weight is 299 g/mol. The van der Waals surface area contributed by atoms with Crippen molar-refractivity contribution in [2.45, 2.75) is 6.42 Å². The quantitative estimate of drug-likeness (QED) is 0.837. The summed E-state index contributed by atoms with van der Waals surface area (Å²) in [5.41, 5.74) is 2.02. The molecule has 0 atom stereocenters. The molecule has 0 bridgehead atoms. The van der Waals surface area contributed by atoms with Crippen LogP contribution >= 0.6 is 21.0 Å². The number of aliphatic hydroxyl groups is 1. The molecule has 0 spiro atoms. The van der Waals surface area contributed by atoms with Crippen molar-refractivity contribution < 1.29 is 5.11 Å². The summed E-state index contributed by atoms with van der Waals surface area (Å²) in [7, 11) is 0. The minimum absolute atomic E-state index is 0.224. The lowest BCUT2D eigenvalue weighted by atomic mass is 10.1. The van der Waals surface area contributed by atoms with Crippen LogP contribution < -0.4 is 0 Å². The molecule has 0 amide bonds. The van der Waals surface area contributed by atoms with Crippen LogP contribution in [0.15, 0.2) is 45.4 Å². The molecular formula is C11H10INO. The molecular weight excluding hydrogens is 289 g/mol. The van der Waals surface area contributed by atoms with Gasteiger partial charge in [-0.15, -0.1) is 0 Å². The maximum Gasteiger partial charge on any atom is 0.138 e. The van der Waals surface area contributed by atoms with E-state index in [-0.39, 0.29) is 21.0 Å². The number of aliphatic hydroxyl groups excluding tert-OH is 1. The van der Waals surface area contributed by atoms with Crippen molar-refractivity contribution in [3.63, 3.8) is 0 Å². The molecule has 0 fully saturated rings. The van der Waals surface area contributed by atoms with Gasteiger partial charge >= 0.3 is 0 Å². The summed E-state index contributed by atoms with van der Waals surface area (Å²) >= 11 is -0.224. The fourth-order valence-corrected chi connectivity index (χ4v) is 2.64. The Morgan fingerprint density at radius 1 is 1.21 bits per heavy atom. The minimum atomic E-state index is -0.224. The molecule has 3 heteroatoms. The second kappa shape index (κ2) is 4.50. The number of hydrogen-bond acceptors (Lipinski definition) is 2. The maximum atomic E-state index is 9.55. The van der Waals surface area contributed by atoms with Gasteiger partial charge in [-0.3, -0.25) is 0 Å². The van der Waals surface area contributed by atoms with E-state index in [1.165, 1.54) is 5.56 Å². The first-order valence-corrected chi connectivity index (χ1v) is 6.53. The molecule has 2 nitrogen and oxygen atoms in total. The first-order chi connectivity index (χ1) is 6.86. The third-order valence-electron chi connectivity index (χ3n) is 1.94. The Balaban J connectivity index is 2.17. The van der Waals surface area contributed by atoms with Crippen molar-refractivity contribution in [3.8, 4) is 0 Å². The highest BCUT2D eigenvalue weighted by Gasteiger charge is 2.07. The third kappa shape index (κ3) is 2.29. The highest BCUT2D eigenvalue weighted by atomic mass is 127. The van der Waals surface area contributed by atoms with Crippen molar-refractivity contribution in [1.82, 2.24) is 0 Å². The van der Waals surface area contributed by atoms with Gasteiger partial charge < -0.3 is 5.11 Å². The number of halogens is 1. The van der Waals surface area contributed by atoms with Gasteiger partial charge in [0.05, 0.1) is 5.71 Å².